The van der Waals surface area contributed by atoms with Crippen molar-refractivity contribution in [1.29, 1.82) is 0 Å². The molecule has 2 heterocycles. The van der Waals surface area contributed by atoms with Crippen molar-refractivity contribution < 1.29 is 9.59 Å². The Morgan fingerprint density at radius 3 is 2.42 bits per heavy atom. The average Bonchev–Trinajstić information content (AvgIpc) is 2.99. The van der Waals surface area contributed by atoms with E-state index in [1.807, 2.05) is 21.6 Å². The first kappa shape index (κ1) is 17.9. The second kappa shape index (κ2) is 7.54. The number of hydrogen-bond donors (Lipinski definition) is 0. The summed E-state index contributed by atoms with van der Waals surface area (Å²) in [6.07, 6.45) is 2.01. The van der Waals surface area contributed by atoms with Gasteiger partial charge in [-0.3, -0.25) is 9.59 Å². The van der Waals surface area contributed by atoms with Crippen LogP contribution in [0, 0.1) is 0 Å². The smallest absolute Gasteiger partial charge is 0.254 e. The number of benzene rings is 1. The highest BCUT2D eigenvalue weighted by Gasteiger charge is 2.46. The maximum absolute atomic E-state index is 12.9. The van der Waals surface area contributed by atoms with Gasteiger partial charge < -0.3 is 9.80 Å². The van der Waals surface area contributed by atoms with E-state index in [1.165, 1.54) is 0 Å². The lowest BCUT2D eigenvalue weighted by Crippen LogP contribution is -2.53. The van der Waals surface area contributed by atoms with Crippen molar-refractivity contribution in [3.8, 4) is 0 Å². The number of thioether (sulfide) groups is 1. The Morgan fingerprint density at radius 2 is 1.79 bits per heavy atom. The van der Waals surface area contributed by atoms with Gasteiger partial charge in [0.05, 0.1) is 4.87 Å². The second-order valence-electron chi connectivity index (χ2n) is 6.08. The third kappa shape index (κ3) is 3.53. The van der Waals surface area contributed by atoms with Crippen molar-refractivity contribution in [1.82, 2.24) is 9.80 Å². The lowest BCUT2D eigenvalue weighted by molar-refractivity contribution is -0.132. The third-order valence-electron chi connectivity index (χ3n) is 4.72. The molecule has 2 aliphatic rings. The molecular formula is C17H20Cl2N2O2S. The molecule has 24 heavy (non-hydrogen) atoms. The van der Waals surface area contributed by atoms with E-state index in [1.54, 1.807) is 24.3 Å². The van der Waals surface area contributed by atoms with Crippen LogP contribution < -0.4 is 0 Å². The molecule has 0 bridgehead atoms. The van der Waals surface area contributed by atoms with Gasteiger partial charge in [0.25, 0.3) is 5.91 Å². The number of rotatable bonds is 3. The van der Waals surface area contributed by atoms with Crippen LogP contribution in [0.5, 0.6) is 0 Å². The van der Waals surface area contributed by atoms with Crippen LogP contribution >= 0.6 is 35.0 Å². The molecule has 1 spiro atoms. The number of piperidine rings is 1. The van der Waals surface area contributed by atoms with Gasteiger partial charge in [-0.25, -0.2) is 0 Å². The lowest BCUT2D eigenvalue weighted by atomic mass is 10.0. The molecule has 0 saturated carbocycles. The summed E-state index contributed by atoms with van der Waals surface area (Å²) in [7, 11) is 0. The minimum atomic E-state index is -0.186. The molecule has 7 heteroatoms. The van der Waals surface area contributed by atoms with E-state index in [0.717, 1.165) is 25.1 Å². The molecular weight excluding hydrogens is 367 g/mol. The number of hydrogen-bond acceptors (Lipinski definition) is 3. The predicted octanol–water partition coefficient (Wildman–Crippen LogP) is 3.48. The van der Waals surface area contributed by atoms with Crippen LogP contribution in [0.3, 0.4) is 0 Å². The number of carbonyl (C=O) groups is 2. The number of carbonyl (C=O) groups excluding carboxylic acids is 2. The number of likely N-dealkylation sites (tertiary alicyclic amines) is 1. The summed E-state index contributed by atoms with van der Waals surface area (Å²) in [6, 6.07) is 7.05. The molecule has 1 aromatic rings. The summed E-state index contributed by atoms with van der Waals surface area (Å²) >= 11 is 13.4. The highest BCUT2D eigenvalue weighted by atomic mass is 35.5. The highest BCUT2D eigenvalue weighted by molar-refractivity contribution is 8.00. The lowest BCUT2D eigenvalue weighted by Gasteiger charge is -2.44. The first-order valence-electron chi connectivity index (χ1n) is 8.11. The largest absolute Gasteiger partial charge is 0.342 e. The van der Waals surface area contributed by atoms with Crippen molar-refractivity contribution in [3.63, 3.8) is 0 Å². The van der Waals surface area contributed by atoms with Gasteiger partial charge in [-0.05, 0) is 37.1 Å². The van der Waals surface area contributed by atoms with Crippen LogP contribution in [-0.4, -0.2) is 57.8 Å². The predicted molar refractivity (Wildman–Crippen MR) is 98.8 cm³/mol. The minimum Gasteiger partial charge on any atom is -0.342 e. The van der Waals surface area contributed by atoms with Crippen LogP contribution in [0.4, 0.5) is 0 Å². The van der Waals surface area contributed by atoms with Gasteiger partial charge in [-0.2, -0.15) is 0 Å². The van der Waals surface area contributed by atoms with E-state index in [2.05, 4.69) is 0 Å². The zero-order chi connectivity index (χ0) is 17.2. The monoisotopic (exact) mass is 386 g/mol. The average molecular weight is 387 g/mol. The fourth-order valence-corrected chi connectivity index (χ4v) is 5.14. The summed E-state index contributed by atoms with van der Waals surface area (Å²) in [5.74, 6) is 1.46. The standard InChI is InChI=1S/C17H20Cl2N2O2S/c18-8-5-15(22)20-9-6-17(7-10-20)21(11-12-24-17)16(23)13-1-3-14(19)4-2-13/h1-4H,5-12H2. The SMILES string of the molecule is O=C(CCCl)N1CCC2(CC1)SCCN2C(=O)c1ccc(Cl)cc1. The van der Waals surface area contributed by atoms with E-state index in [9.17, 15) is 9.59 Å². The first-order chi connectivity index (χ1) is 11.6. The van der Waals surface area contributed by atoms with Gasteiger partial charge in [0, 0.05) is 48.3 Å². The third-order valence-corrected chi connectivity index (χ3v) is 6.71. The van der Waals surface area contributed by atoms with Gasteiger partial charge in [-0.1, -0.05) is 11.6 Å². The van der Waals surface area contributed by atoms with Gasteiger partial charge in [0.2, 0.25) is 5.91 Å². The van der Waals surface area contributed by atoms with Crippen LogP contribution in [0.1, 0.15) is 29.6 Å². The van der Waals surface area contributed by atoms with E-state index in [0.29, 0.717) is 36.0 Å². The molecule has 1 aromatic carbocycles. The number of alkyl halides is 1. The summed E-state index contributed by atoms with van der Waals surface area (Å²) in [5, 5.41) is 0.628. The van der Waals surface area contributed by atoms with Crippen LogP contribution in [-0.2, 0) is 4.79 Å². The summed E-state index contributed by atoms with van der Waals surface area (Å²) < 4.78 is 0. The Morgan fingerprint density at radius 1 is 1.12 bits per heavy atom. The van der Waals surface area contributed by atoms with Gasteiger partial charge >= 0.3 is 0 Å². The van der Waals surface area contributed by atoms with Crippen molar-refractivity contribution in [2.45, 2.75) is 24.1 Å². The van der Waals surface area contributed by atoms with E-state index in [4.69, 9.17) is 23.2 Å². The maximum Gasteiger partial charge on any atom is 0.254 e. The van der Waals surface area contributed by atoms with Crippen molar-refractivity contribution in [2.24, 2.45) is 0 Å². The molecule has 2 aliphatic heterocycles. The fourth-order valence-electron chi connectivity index (χ4n) is 3.40. The molecule has 0 aromatic heterocycles. The molecule has 2 saturated heterocycles. The quantitative estimate of drug-likeness (QED) is 0.746. The second-order valence-corrected chi connectivity index (χ2v) is 8.35. The van der Waals surface area contributed by atoms with Gasteiger partial charge in [0.1, 0.15) is 0 Å². The van der Waals surface area contributed by atoms with E-state index in [-0.39, 0.29) is 16.7 Å². The normalized spacial score (nSPS) is 19.8. The van der Waals surface area contributed by atoms with Gasteiger partial charge in [-0.15, -0.1) is 23.4 Å². The molecule has 4 nitrogen and oxygen atoms in total. The zero-order valence-electron chi connectivity index (χ0n) is 13.3. The van der Waals surface area contributed by atoms with E-state index >= 15 is 0 Å². The maximum atomic E-state index is 12.9. The molecule has 0 radical (unpaired) electrons. The number of halogens is 2. The van der Waals surface area contributed by atoms with Crippen molar-refractivity contribution >= 4 is 46.8 Å². The number of nitrogens with zero attached hydrogens (tertiary/aromatic N) is 2. The molecule has 2 fully saturated rings. The Hall–Kier alpha value is -0.910. The molecule has 130 valence electrons. The summed E-state index contributed by atoms with van der Waals surface area (Å²) in [6.45, 7) is 2.13. The molecule has 2 amide bonds. The molecule has 3 rings (SSSR count). The van der Waals surface area contributed by atoms with Crippen LogP contribution in [0.25, 0.3) is 0 Å². The molecule has 0 aliphatic carbocycles. The molecule has 0 unspecified atom stereocenters. The minimum absolute atomic E-state index is 0.0530. The topological polar surface area (TPSA) is 40.6 Å². The fraction of sp³-hybridized carbons (Fsp3) is 0.529. The first-order valence-corrected chi connectivity index (χ1v) is 10.0. The van der Waals surface area contributed by atoms with Crippen LogP contribution in [0.2, 0.25) is 5.02 Å². The Kier molecular flexibility index (Phi) is 5.63. The highest BCUT2D eigenvalue weighted by Crippen LogP contribution is 2.44. The summed E-state index contributed by atoms with van der Waals surface area (Å²) in [5.41, 5.74) is 0.668. The van der Waals surface area contributed by atoms with Crippen LogP contribution in [0.15, 0.2) is 24.3 Å². The Balaban J connectivity index is 1.70. The Bertz CT molecular complexity index is 616. The summed E-state index contributed by atoms with van der Waals surface area (Å²) in [4.78, 5) is 28.6. The van der Waals surface area contributed by atoms with E-state index < -0.39 is 0 Å². The molecule has 0 atom stereocenters. The van der Waals surface area contributed by atoms with Crippen molar-refractivity contribution in [2.75, 3.05) is 31.3 Å². The van der Waals surface area contributed by atoms with Crippen molar-refractivity contribution in [3.05, 3.63) is 34.9 Å². The zero-order valence-corrected chi connectivity index (χ0v) is 15.7. The number of amides is 2. The van der Waals surface area contributed by atoms with Gasteiger partial charge in [0.15, 0.2) is 0 Å². The molecule has 0 N–H and O–H groups in total. The Labute approximate surface area is 156 Å².